The van der Waals surface area contributed by atoms with Gasteiger partial charge in [-0.15, -0.1) is 0 Å². The van der Waals surface area contributed by atoms with Crippen LogP contribution < -0.4 is 5.73 Å². The van der Waals surface area contributed by atoms with Gasteiger partial charge in [-0.25, -0.2) is 0 Å². The molecule has 0 spiro atoms. The molecule has 0 unspecified atom stereocenters. The van der Waals surface area contributed by atoms with Crippen molar-refractivity contribution in [3.63, 3.8) is 0 Å². The molecule has 0 aromatic carbocycles. The molecule has 0 aromatic rings. The molecule has 1 saturated heterocycles. The number of nitrogens with zero attached hydrogens (tertiary/aromatic N) is 1. The number of piperidine rings is 1. The molecule has 0 aromatic heterocycles. The van der Waals surface area contributed by atoms with Crippen molar-refractivity contribution >= 4 is 5.91 Å². The smallest absolute Gasteiger partial charge is 0.227 e. The van der Waals surface area contributed by atoms with Gasteiger partial charge in [0.25, 0.3) is 0 Å². The molecule has 3 nitrogen and oxygen atoms in total. The molecule has 88 valence electrons. The van der Waals surface area contributed by atoms with Crippen molar-refractivity contribution in [3.8, 4) is 0 Å². The summed E-state index contributed by atoms with van der Waals surface area (Å²) >= 11 is 0. The molecule has 3 heteroatoms. The van der Waals surface area contributed by atoms with Crippen LogP contribution in [-0.4, -0.2) is 30.4 Å². The molecule has 1 aliphatic rings. The Balaban J connectivity index is 2.55. The maximum absolute atomic E-state index is 12.0. The van der Waals surface area contributed by atoms with E-state index in [4.69, 9.17) is 5.73 Å². The molecule has 1 fully saturated rings. The summed E-state index contributed by atoms with van der Waals surface area (Å²) in [6.45, 7) is 10.6. The minimum Gasteiger partial charge on any atom is -0.342 e. The van der Waals surface area contributed by atoms with Crippen molar-refractivity contribution in [3.05, 3.63) is 0 Å². The fourth-order valence-corrected chi connectivity index (χ4v) is 1.93. The van der Waals surface area contributed by atoms with Gasteiger partial charge in [0.2, 0.25) is 5.91 Å². The minimum atomic E-state index is -0.254. The molecule has 1 amide bonds. The van der Waals surface area contributed by atoms with Gasteiger partial charge >= 0.3 is 0 Å². The van der Waals surface area contributed by atoms with Crippen LogP contribution in [0.2, 0.25) is 0 Å². The zero-order chi connectivity index (χ0) is 11.7. The van der Waals surface area contributed by atoms with Crippen LogP contribution in [-0.2, 0) is 4.79 Å². The molecule has 1 heterocycles. The largest absolute Gasteiger partial charge is 0.342 e. The highest BCUT2D eigenvalue weighted by Crippen LogP contribution is 2.31. The molecule has 1 rings (SSSR count). The molecular weight excluding hydrogens is 188 g/mol. The average Bonchev–Trinajstić information content (AvgIpc) is 2.17. The van der Waals surface area contributed by atoms with Gasteiger partial charge in [0, 0.05) is 18.5 Å². The van der Waals surface area contributed by atoms with Crippen LogP contribution in [0.15, 0.2) is 0 Å². The van der Waals surface area contributed by atoms with Crippen molar-refractivity contribution in [2.24, 2.45) is 16.6 Å². The first kappa shape index (κ1) is 12.5. The lowest BCUT2D eigenvalue weighted by molar-refractivity contribution is -0.141. The first-order chi connectivity index (χ1) is 6.78. The van der Waals surface area contributed by atoms with Crippen molar-refractivity contribution in [1.82, 2.24) is 4.90 Å². The molecule has 1 aliphatic heterocycles. The van der Waals surface area contributed by atoms with Gasteiger partial charge in [-0.3, -0.25) is 4.79 Å². The second-order valence-corrected chi connectivity index (χ2v) is 6.06. The quantitative estimate of drug-likeness (QED) is 0.718. The average molecular weight is 212 g/mol. The predicted molar refractivity (Wildman–Crippen MR) is 62.4 cm³/mol. The summed E-state index contributed by atoms with van der Waals surface area (Å²) in [6, 6.07) is 0. The first-order valence-electron chi connectivity index (χ1n) is 5.78. The minimum absolute atomic E-state index is 0.245. The van der Waals surface area contributed by atoms with Crippen molar-refractivity contribution in [1.29, 1.82) is 0 Å². The number of amides is 1. The molecule has 0 aliphatic carbocycles. The summed E-state index contributed by atoms with van der Waals surface area (Å²) in [5.41, 5.74) is 5.73. The zero-order valence-corrected chi connectivity index (χ0v) is 10.5. The summed E-state index contributed by atoms with van der Waals surface area (Å²) in [7, 11) is 0. The van der Waals surface area contributed by atoms with E-state index in [2.05, 4.69) is 6.92 Å². The van der Waals surface area contributed by atoms with Crippen molar-refractivity contribution in [2.75, 3.05) is 19.6 Å². The zero-order valence-electron chi connectivity index (χ0n) is 10.5. The van der Waals surface area contributed by atoms with Crippen LogP contribution in [0.3, 0.4) is 0 Å². The van der Waals surface area contributed by atoms with Gasteiger partial charge in [0.1, 0.15) is 0 Å². The Morgan fingerprint density at radius 1 is 1.33 bits per heavy atom. The highest BCUT2D eigenvalue weighted by atomic mass is 16.2. The highest BCUT2D eigenvalue weighted by molar-refractivity contribution is 5.81. The molecule has 0 atom stereocenters. The van der Waals surface area contributed by atoms with Crippen molar-refractivity contribution in [2.45, 2.75) is 40.5 Å². The van der Waals surface area contributed by atoms with Gasteiger partial charge in [-0.2, -0.15) is 0 Å². The van der Waals surface area contributed by atoms with Gasteiger partial charge < -0.3 is 10.6 Å². The van der Waals surface area contributed by atoms with Gasteiger partial charge in [-0.05, 0) is 24.8 Å². The molecule has 15 heavy (non-hydrogen) atoms. The summed E-state index contributed by atoms with van der Waals surface area (Å²) in [6.07, 6.45) is 2.07. The number of hydrogen-bond donors (Lipinski definition) is 1. The van der Waals surface area contributed by atoms with E-state index in [1.165, 1.54) is 0 Å². The Morgan fingerprint density at radius 2 is 1.80 bits per heavy atom. The fraction of sp³-hybridized carbons (Fsp3) is 0.917. The number of likely N-dealkylation sites (tertiary alicyclic amines) is 1. The van der Waals surface area contributed by atoms with E-state index in [9.17, 15) is 4.79 Å². The van der Waals surface area contributed by atoms with Crippen LogP contribution in [0.1, 0.15) is 40.5 Å². The Hall–Kier alpha value is -0.570. The third-order valence-corrected chi connectivity index (χ3v) is 3.39. The van der Waals surface area contributed by atoms with E-state index in [0.717, 1.165) is 32.5 Å². The van der Waals surface area contributed by atoms with Crippen molar-refractivity contribution < 1.29 is 4.79 Å². The highest BCUT2D eigenvalue weighted by Gasteiger charge is 2.34. The van der Waals surface area contributed by atoms with Crippen LogP contribution >= 0.6 is 0 Å². The van der Waals surface area contributed by atoms with Crippen LogP contribution in [0.25, 0.3) is 0 Å². The third kappa shape index (κ3) is 2.94. The maximum Gasteiger partial charge on any atom is 0.227 e. The lowest BCUT2D eigenvalue weighted by atomic mass is 9.80. The normalized spacial score (nSPS) is 21.5. The fourth-order valence-electron chi connectivity index (χ4n) is 1.93. The van der Waals surface area contributed by atoms with E-state index < -0.39 is 0 Å². The second-order valence-electron chi connectivity index (χ2n) is 6.06. The van der Waals surface area contributed by atoms with Gasteiger partial charge in [-0.1, -0.05) is 27.7 Å². The molecule has 0 saturated carbocycles. The standard InChI is InChI=1S/C12H24N2O/c1-11(2,3)10(15)14-7-5-12(4,9-13)6-8-14/h5-9,13H2,1-4H3. The van der Waals surface area contributed by atoms with Gasteiger partial charge in [0.15, 0.2) is 0 Å². The summed E-state index contributed by atoms with van der Waals surface area (Å²) in [4.78, 5) is 14.0. The summed E-state index contributed by atoms with van der Waals surface area (Å²) in [5, 5.41) is 0. The number of rotatable bonds is 1. The Labute approximate surface area is 93.0 Å². The molecule has 0 radical (unpaired) electrons. The molecular formula is C12H24N2O. The van der Waals surface area contributed by atoms with E-state index in [0.29, 0.717) is 0 Å². The SMILES string of the molecule is CC1(CN)CCN(C(=O)C(C)(C)C)CC1. The first-order valence-corrected chi connectivity index (χ1v) is 5.78. The summed E-state index contributed by atoms with van der Waals surface area (Å²) in [5.74, 6) is 0.265. The monoisotopic (exact) mass is 212 g/mol. The Bertz CT molecular complexity index is 234. The number of nitrogens with two attached hydrogens (primary N) is 1. The van der Waals surface area contributed by atoms with E-state index >= 15 is 0 Å². The predicted octanol–water partition coefficient (Wildman–Crippen LogP) is 1.62. The second kappa shape index (κ2) is 4.12. The third-order valence-electron chi connectivity index (χ3n) is 3.39. The lowest BCUT2D eigenvalue weighted by Gasteiger charge is -2.40. The number of carbonyl (C=O) groups is 1. The van der Waals surface area contributed by atoms with E-state index in [-0.39, 0.29) is 16.7 Å². The lowest BCUT2D eigenvalue weighted by Crippen LogP contribution is -2.48. The number of carbonyl (C=O) groups excluding carboxylic acids is 1. The van der Waals surface area contributed by atoms with E-state index in [1.54, 1.807) is 0 Å². The maximum atomic E-state index is 12.0. The van der Waals surface area contributed by atoms with E-state index in [1.807, 2.05) is 25.7 Å². The van der Waals surface area contributed by atoms with Gasteiger partial charge in [0.05, 0.1) is 0 Å². The Morgan fingerprint density at radius 3 is 2.13 bits per heavy atom. The topological polar surface area (TPSA) is 46.3 Å². The van der Waals surface area contributed by atoms with Crippen LogP contribution in [0.4, 0.5) is 0 Å². The summed E-state index contributed by atoms with van der Waals surface area (Å²) < 4.78 is 0. The van der Waals surface area contributed by atoms with Crippen LogP contribution in [0.5, 0.6) is 0 Å². The van der Waals surface area contributed by atoms with Crippen LogP contribution in [0, 0.1) is 10.8 Å². The Kier molecular flexibility index (Phi) is 3.44. The molecule has 2 N–H and O–H groups in total. The molecule has 0 bridgehead atoms. The number of hydrogen-bond acceptors (Lipinski definition) is 2.